The molecule has 0 saturated heterocycles. The Bertz CT molecular complexity index is 1020. The third-order valence-corrected chi connectivity index (χ3v) is 5.04. The van der Waals surface area contributed by atoms with Crippen LogP contribution in [0.25, 0.3) is 22.0 Å². The van der Waals surface area contributed by atoms with Crippen LogP contribution in [-0.2, 0) is 5.75 Å². The minimum Gasteiger partial charge on any atom is -0.244 e. The molecule has 0 amide bonds. The Balaban J connectivity index is 1.71. The van der Waals surface area contributed by atoms with Crippen molar-refractivity contribution in [2.24, 2.45) is 0 Å². The fourth-order valence-corrected chi connectivity index (χ4v) is 3.73. The molecule has 0 atom stereocenters. The molecule has 25 heavy (non-hydrogen) atoms. The molecule has 0 bridgehead atoms. The fourth-order valence-electron chi connectivity index (χ4n) is 2.60. The van der Waals surface area contributed by atoms with Crippen molar-refractivity contribution in [1.29, 1.82) is 0 Å². The van der Waals surface area contributed by atoms with Gasteiger partial charge in [0, 0.05) is 39.5 Å². The average Bonchev–Trinajstić information content (AvgIpc) is 2.67. The van der Waals surface area contributed by atoms with Crippen molar-refractivity contribution >= 4 is 34.1 Å². The van der Waals surface area contributed by atoms with E-state index in [-0.39, 0.29) is 0 Å². The predicted octanol–water partition coefficient (Wildman–Crippen LogP) is 5.03. The lowest BCUT2D eigenvalue weighted by atomic mass is 10.1. The van der Waals surface area contributed by atoms with Gasteiger partial charge >= 0.3 is 0 Å². The zero-order chi connectivity index (χ0) is 17.1. The van der Waals surface area contributed by atoms with Gasteiger partial charge in [0.2, 0.25) is 0 Å². The number of hydrogen-bond acceptors (Lipinski definition) is 5. The maximum atomic E-state index is 6.06. The standard InChI is InChI=1S/C19H13ClN4S/c20-15-5-3-4-13(8-15)11-25-19-17-7-2-1-6-16(17)18(23-24-19)14-9-21-12-22-10-14/h1-10,12H,11H2. The van der Waals surface area contributed by atoms with Crippen LogP contribution >= 0.6 is 23.4 Å². The van der Waals surface area contributed by atoms with E-state index in [2.05, 4.69) is 38.4 Å². The Morgan fingerprint density at radius 1 is 0.880 bits per heavy atom. The molecule has 0 saturated carbocycles. The van der Waals surface area contributed by atoms with Gasteiger partial charge in [-0.05, 0) is 17.7 Å². The van der Waals surface area contributed by atoms with Crippen molar-refractivity contribution < 1.29 is 0 Å². The molecule has 0 aliphatic carbocycles. The molecule has 0 spiro atoms. The van der Waals surface area contributed by atoms with E-state index in [1.54, 1.807) is 24.2 Å². The molecular weight excluding hydrogens is 352 g/mol. The van der Waals surface area contributed by atoms with Gasteiger partial charge in [-0.3, -0.25) is 0 Å². The highest BCUT2D eigenvalue weighted by Crippen LogP contribution is 2.32. The number of aromatic nitrogens is 4. The molecule has 4 aromatic rings. The largest absolute Gasteiger partial charge is 0.244 e. The Morgan fingerprint density at radius 3 is 2.48 bits per heavy atom. The molecule has 0 fully saturated rings. The monoisotopic (exact) mass is 364 g/mol. The van der Waals surface area contributed by atoms with Crippen molar-refractivity contribution in [3.05, 3.63) is 77.8 Å². The molecule has 0 N–H and O–H groups in total. The minimum absolute atomic E-state index is 0.744. The molecule has 6 heteroatoms. The molecule has 2 heterocycles. The summed E-state index contributed by atoms with van der Waals surface area (Å²) < 4.78 is 0. The third kappa shape index (κ3) is 3.48. The topological polar surface area (TPSA) is 51.6 Å². The van der Waals surface area contributed by atoms with Gasteiger partial charge in [-0.25, -0.2) is 9.97 Å². The summed E-state index contributed by atoms with van der Waals surface area (Å²) in [4.78, 5) is 8.16. The van der Waals surface area contributed by atoms with E-state index in [0.717, 1.165) is 43.4 Å². The summed E-state index contributed by atoms with van der Waals surface area (Å²) in [6, 6.07) is 16.0. The van der Waals surface area contributed by atoms with Crippen LogP contribution in [0.3, 0.4) is 0 Å². The van der Waals surface area contributed by atoms with Crippen LogP contribution in [0.4, 0.5) is 0 Å². The first-order valence-corrected chi connectivity index (χ1v) is 9.05. The number of fused-ring (bicyclic) bond motifs is 1. The number of nitrogens with zero attached hydrogens (tertiary/aromatic N) is 4. The summed E-state index contributed by atoms with van der Waals surface area (Å²) in [5.74, 6) is 0.785. The van der Waals surface area contributed by atoms with E-state index >= 15 is 0 Å². The van der Waals surface area contributed by atoms with Gasteiger partial charge in [0.1, 0.15) is 17.0 Å². The molecule has 2 aromatic carbocycles. The first kappa shape index (κ1) is 16.0. The summed E-state index contributed by atoms with van der Waals surface area (Å²) >= 11 is 7.71. The molecule has 0 aliphatic heterocycles. The second-order valence-corrected chi connectivity index (χ2v) is 6.85. The van der Waals surface area contributed by atoms with Crippen LogP contribution in [0.1, 0.15) is 5.56 Å². The predicted molar refractivity (Wildman–Crippen MR) is 102 cm³/mol. The van der Waals surface area contributed by atoms with Crippen molar-refractivity contribution in [2.45, 2.75) is 10.8 Å². The summed E-state index contributed by atoms with van der Waals surface area (Å²) in [5.41, 5.74) is 2.81. The molecule has 4 rings (SSSR count). The summed E-state index contributed by atoms with van der Waals surface area (Å²) in [6.07, 6.45) is 5.01. The van der Waals surface area contributed by atoms with Gasteiger partial charge < -0.3 is 0 Å². The average molecular weight is 365 g/mol. The summed E-state index contributed by atoms with van der Waals surface area (Å²) in [7, 11) is 0. The van der Waals surface area contributed by atoms with Gasteiger partial charge in [0.15, 0.2) is 0 Å². The van der Waals surface area contributed by atoms with Gasteiger partial charge in [0.25, 0.3) is 0 Å². The zero-order valence-corrected chi connectivity index (χ0v) is 14.7. The SMILES string of the molecule is Clc1cccc(CSc2nnc(-c3cncnc3)c3ccccc23)c1. The Morgan fingerprint density at radius 2 is 1.68 bits per heavy atom. The lowest BCUT2D eigenvalue weighted by Gasteiger charge is -2.09. The van der Waals surface area contributed by atoms with Gasteiger partial charge in [-0.1, -0.05) is 59.8 Å². The highest BCUT2D eigenvalue weighted by atomic mass is 35.5. The summed E-state index contributed by atoms with van der Waals surface area (Å²) in [5, 5.41) is 12.6. The summed E-state index contributed by atoms with van der Waals surface area (Å²) in [6.45, 7) is 0. The van der Waals surface area contributed by atoms with Gasteiger partial charge in [-0.15, -0.1) is 10.2 Å². The Labute approximate surface area is 154 Å². The molecule has 0 aliphatic rings. The van der Waals surface area contributed by atoms with Crippen molar-refractivity contribution in [3.63, 3.8) is 0 Å². The van der Waals surface area contributed by atoms with Crippen LogP contribution < -0.4 is 0 Å². The number of halogens is 1. The maximum Gasteiger partial charge on any atom is 0.127 e. The van der Waals surface area contributed by atoms with E-state index in [1.807, 2.05) is 30.3 Å². The van der Waals surface area contributed by atoms with Crippen LogP contribution in [0.2, 0.25) is 5.02 Å². The minimum atomic E-state index is 0.744. The molecule has 0 radical (unpaired) electrons. The molecular formula is C19H13ClN4S. The van der Waals surface area contributed by atoms with Gasteiger partial charge in [-0.2, -0.15) is 0 Å². The van der Waals surface area contributed by atoms with Crippen molar-refractivity contribution in [1.82, 2.24) is 20.2 Å². The third-order valence-electron chi connectivity index (χ3n) is 3.75. The molecule has 4 nitrogen and oxygen atoms in total. The Hall–Kier alpha value is -2.50. The van der Waals surface area contributed by atoms with E-state index in [0.29, 0.717) is 0 Å². The number of thioether (sulfide) groups is 1. The van der Waals surface area contributed by atoms with Crippen LogP contribution in [-0.4, -0.2) is 20.2 Å². The van der Waals surface area contributed by atoms with Crippen LogP contribution in [0.15, 0.2) is 72.3 Å². The van der Waals surface area contributed by atoms with Crippen LogP contribution in [0, 0.1) is 0 Å². The molecule has 2 aromatic heterocycles. The fraction of sp³-hybridized carbons (Fsp3) is 0.0526. The highest BCUT2D eigenvalue weighted by molar-refractivity contribution is 7.98. The number of rotatable bonds is 4. The lowest BCUT2D eigenvalue weighted by Crippen LogP contribution is -1.95. The van der Waals surface area contributed by atoms with E-state index in [1.165, 1.54) is 6.33 Å². The lowest BCUT2D eigenvalue weighted by molar-refractivity contribution is 0.958. The first-order valence-electron chi connectivity index (χ1n) is 7.69. The van der Waals surface area contributed by atoms with Gasteiger partial charge in [0.05, 0.1) is 0 Å². The number of hydrogen-bond donors (Lipinski definition) is 0. The van der Waals surface area contributed by atoms with Crippen molar-refractivity contribution in [2.75, 3.05) is 0 Å². The van der Waals surface area contributed by atoms with E-state index in [4.69, 9.17) is 11.6 Å². The quantitative estimate of drug-likeness (QED) is 0.475. The Kier molecular flexibility index (Phi) is 4.59. The van der Waals surface area contributed by atoms with E-state index < -0.39 is 0 Å². The molecule has 0 unspecified atom stereocenters. The van der Waals surface area contributed by atoms with Crippen molar-refractivity contribution in [3.8, 4) is 11.3 Å². The zero-order valence-electron chi connectivity index (χ0n) is 13.1. The second-order valence-electron chi connectivity index (χ2n) is 5.45. The maximum absolute atomic E-state index is 6.06. The van der Waals surface area contributed by atoms with E-state index in [9.17, 15) is 0 Å². The number of benzene rings is 2. The second kappa shape index (κ2) is 7.17. The van der Waals surface area contributed by atoms with Crippen LogP contribution in [0.5, 0.6) is 0 Å². The first-order chi connectivity index (χ1) is 12.3. The highest BCUT2D eigenvalue weighted by Gasteiger charge is 2.11. The smallest absolute Gasteiger partial charge is 0.127 e. The molecule has 122 valence electrons. The normalized spacial score (nSPS) is 10.9.